The van der Waals surface area contributed by atoms with Crippen molar-refractivity contribution < 1.29 is 19.1 Å². The zero-order chi connectivity index (χ0) is 21.3. The molecule has 3 atom stereocenters. The van der Waals surface area contributed by atoms with E-state index in [1.54, 1.807) is 45.0 Å². The van der Waals surface area contributed by atoms with Crippen molar-refractivity contribution in [2.75, 3.05) is 5.32 Å². The van der Waals surface area contributed by atoms with Crippen molar-refractivity contribution in [2.45, 2.75) is 59.2 Å². The van der Waals surface area contributed by atoms with E-state index in [9.17, 15) is 14.4 Å². The Kier molecular flexibility index (Phi) is 8.96. The van der Waals surface area contributed by atoms with Crippen molar-refractivity contribution in [2.24, 2.45) is 5.92 Å². The Morgan fingerprint density at radius 2 is 1.64 bits per heavy atom. The Bertz CT molecular complexity index is 725. The highest BCUT2D eigenvalue weighted by Crippen LogP contribution is 2.11. The summed E-state index contributed by atoms with van der Waals surface area (Å²) in [6.07, 6.45) is -0.325. The van der Waals surface area contributed by atoms with Gasteiger partial charge in [0, 0.05) is 5.69 Å². The van der Waals surface area contributed by atoms with Crippen LogP contribution in [0.25, 0.3) is 0 Å². The molecule has 1 rings (SSSR count). The van der Waals surface area contributed by atoms with Gasteiger partial charge in [-0.25, -0.2) is 4.79 Å². The summed E-state index contributed by atoms with van der Waals surface area (Å²) < 4.78 is 5.04. The van der Waals surface area contributed by atoms with Crippen LogP contribution in [0.1, 0.15) is 46.6 Å². The molecule has 3 N–H and O–H groups in total. The first-order chi connectivity index (χ1) is 13.2. The van der Waals surface area contributed by atoms with Crippen LogP contribution in [-0.2, 0) is 14.3 Å². The number of carbonyl (C=O) groups excluding carboxylic acids is 3. The number of carbonyl (C=O) groups is 3. The van der Waals surface area contributed by atoms with E-state index in [0.29, 0.717) is 17.7 Å². The van der Waals surface area contributed by atoms with Crippen molar-refractivity contribution in [3.05, 3.63) is 29.8 Å². The van der Waals surface area contributed by atoms with Crippen LogP contribution >= 0.6 is 0 Å². The number of rotatable bonds is 8. The Balaban J connectivity index is 2.72. The molecule has 0 saturated carbocycles. The van der Waals surface area contributed by atoms with Crippen LogP contribution in [0, 0.1) is 17.2 Å². The molecule has 0 saturated heterocycles. The second-order valence-corrected chi connectivity index (χ2v) is 6.87. The number of anilines is 1. The summed E-state index contributed by atoms with van der Waals surface area (Å²) in [7, 11) is 0. The standard InChI is InChI=1S/C20H28N4O4/c1-6-13(4)17(24-20(27)28-12(2)3)19(26)22-14(5)18(25)23-16-9-7-15(11-21)8-10-16/h7-10,12-14,17H,6H2,1-5H3,(H,22,26)(H,23,25)(H,24,27)/t13?,14-,17+/m1/s1. The van der Waals surface area contributed by atoms with Gasteiger partial charge in [0.1, 0.15) is 12.1 Å². The summed E-state index contributed by atoms with van der Waals surface area (Å²) in [5.74, 6) is -1.02. The average Bonchev–Trinajstić information content (AvgIpc) is 2.65. The molecule has 1 aromatic rings. The number of alkyl carbamates (subject to hydrolysis) is 1. The summed E-state index contributed by atoms with van der Waals surface area (Å²) in [5.41, 5.74) is 0.998. The van der Waals surface area contributed by atoms with Crippen LogP contribution < -0.4 is 16.0 Å². The van der Waals surface area contributed by atoms with Gasteiger partial charge in [-0.2, -0.15) is 5.26 Å². The number of nitrogens with one attached hydrogen (secondary N) is 3. The third-order valence-electron chi connectivity index (χ3n) is 4.15. The largest absolute Gasteiger partial charge is 0.447 e. The van der Waals surface area contributed by atoms with Gasteiger partial charge in [-0.3, -0.25) is 9.59 Å². The molecule has 28 heavy (non-hydrogen) atoms. The van der Waals surface area contributed by atoms with Gasteiger partial charge in [0.2, 0.25) is 11.8 Å². The lowest BCUT2D eigenvalue weighted by molar-refractivity contribution is -0.128. The number of nitriles is 1. The van der Waals surface area contributed by atoms with E-state index in [4.69, 9.17) is 10.00 Å². The van der Waals surface area contributed by atoms with Gasteiger partial charge < -0.3 is 20.7 Å². The molecule has 0 heterocycles. The van der Waals surface area contributed by atoms with Gasteiger partial charge in [-0.05, 0) is 51.0 Å². The van der Waals surface area contributed by atoms with Gasteiger partial charge in [0.15, 0.2) is 0 Å². The molecule has 0 fully saturated rings. The highest BCUT2D eigenvalue weighted by atomic mass is 16.6. The number of ether oxygens (including phenoxy) is 1. The lowest BCUT2D eigenvalue weighted by Crippen LogP contribution is -2.54. The monoisotopic (exact) mass is 388 g/mol. The summed E-state index contributed by atoms with van der Waals surface area (Å²) in [5, 5.41) is 16.7. The summed E-state index contributed by atoms with van der Waals surface area (Å²) in [6, 6.07) is 6.74. The molecular formula is C20H28N4O4. The number of amides is 3. The molecule has 0 spiro atoms. The fraction of sp³-hybridized carbons (Fsp3) is 0.500. The predicted molar refractivity (Wildman–Crippen MR) is 105 cm³/mol. The van der Waals surface area contributed by atoms with Crippen LogP contribution in [0.15, 0.2) is 24.3 Å². The number of hydrogen-bond acceptors (Lipinski definition) is 5. The van der Waals surface area contributed by atoms with Gasteiger partial charge in [0.05, 0.1) is 17.7 Å². The maximum atomic E-state index is 12.6. The molecule has 152 valence electrons. The Labute approximate surface area is 165 Å². The maximum Gasteiger partial charge on any atom is 0.408 e. The van der Waals surface area contributed by atoms with Crippen LogP contribution in [0.3, 0.4) is 0 Å². The van der Waals surface area contributed by atoms with E-state index in [2.05, 4.69) is 16.0 Å². The first-order valence-corrected chi connectivity index (χ1v) is 9.26. The summed E-state index contributed by atoms with van der Waals surface area (Å²) >= 11 is 0. The fourth-order valence-corrected chi connectivity index (χ4v) is 2.32. The third kappa shape index (κ3) is 7.27. The lowest BCUT2D eigenvalue weighted by atomic mass is 9.98. The zero-order valence-corrected chi connectivity index (χ0v) is 16.9. The molecule has 0 aliphatic heterocycles. The van der Waals surface area contributed by atoms with E-state index in [-0.39, 0.29) is 12.0 Å². The van der Waals surface area contributed by atoms with E-state index >= 15 is 0 Å². The molecule has 0 aliphatic rings. The number of nitrogens with zero attached hydrogens (tertiary/aromatic N) is 1. The van der Waals surface area contributed by atoms with E-state index in [1.165, 1.54) is 0 Å². The highest BCUT2D eigenvalue weighted by Gasteiger charge is 2.29. The van der Waals surface area contributed by atoms with Gasteiger partial charge in [0.25, 0.3) is 0 Å². The molecule has 0 bridgehead atoms. The number of hydrogen-bond donors (Lipinski definition) is 3. The smallest absolute Gasteiger partial charge is 0.408 e. The van der Waals surface area contributed by atoms with Crippen molar-refractivity contribution in [3.8, 4) is 6.07 Å². The van der Waals surface area contributed by atoms with Crippen molar-refractivity contribution >= 4 is 23.6 Å². The topological polar surface area (TPSA) is 120 Å². The molecule has 8 nitrogen and oxygen atoms in total. The Morgan fingerprint density at radius 3 is 2.14 bits per heavy atom. The fourth-order valence-electron chi connectivity index (χ4n) is 2.32. The van der Waals surface area contributed by atoms with Crippen molar-refractivity contribution in [3.63, 3.8) is 0 Å². The summed E-state index contributed by atoms with van der Waals surface area (Å²) in [4.78, 5) is 36.8. The highest BCUT2D eigenvalue weighted by molar-refractivity contribution is 5.98. The Hall–Kier alpha value is -3.08. The molecule has 3 amide bonds. The predicted octanol–water partition coefficient (Wildman–Crippen LogP) is 2.55. The third-order valence-corrected chi connectivity index (χ3v) is 4.15. The molecular weight excluding hydrogens is 360 g/mol. The SMILES string of the molecule is CCC(C)[C@H](NC(=O)OC(C)C)C(=O)N[C@H](C)C(=O)Nc1ccc(C#N)cc1. The maximum absolute atomic E-state index is 12.6. The van der Waals surface area contributed by atoms with Crippen LogP contribution in [0.2, 0.25) is 0 Å². The van der Waals surface area contributed by atoms with E-state index in [1.807, 2.05) is 19.9 Å². The zero-order valence-electron chi connectivity index (χ0n) is 16.9. The molecule has 1 aromatic carbocycles. The van der Waals surface area contributed by atoms with E-state index < -0.39 is 30.0 Å². The van der Waals surface area contributed by atoms with Crippen LogP contribution in [-0.4, -0.2) is 36.1 Å². The van der Waals surface area contributed by atoms with Gasteiger partial charge in [-0.15, -0.1) is 0 Å². The minimum absolute atomic E-state index is 0.145. The summed E-state index contributed by atoms with van der Waals surface area (Å²) in [6.45, 7) is 8.72. The minimum atomic E-state index is -0.822. The van der Waals surface area contributed by atoms with E-state index in [0.717, 1.165) is 0 Å². The first-order valence-electron chi connectivity index (χ1n) is 9.26. The minimum Gasteiger partial charge on any atom is -0.447 e. The van der Waals surface area contributed by atoms with Crippen LogP contribution in [0.5, 0.6) is 0 Å². The van der Waals surface area contributed by atoms with Gasteiger partial charge in [-0.1, -0.05) is 20.3 Å². The Morgan fingerprint density at radius 1 is 1.04 bits per heavy atom. The van der Waals surface area contributed by atoms with Crippen molar-refractivity contribution in [1.29, 1.82) is 5.26 Å². The van der Waals surface area contributed by atoms with Crippen LogP contribution in [0.4, 0.5) is 10.5 Å². The average molecular weight is 388 g/mol. The second kappa shape index (κ2) is 10.9. The number of benzene rings is 1. The van der Waals surface area contributed by atoms with Gasteiger partial charge >= 0.3 is 6.09 Å². The second-order valence-electron chi connectivity index (χ2n) is 6.87. The molecule has 0 radical (unpaired) electrons. The normalized spacial score (nSPS) is 13.6. The molecule has 8 heteroatoms. The quantitative estimate of drug-likeness (QED) is 0.632. The first kappa shape index (κ1) is 23.0. The lowest BCUT2D eigenvalue weighted by Gasteiger charge is -2.25. The molecule has 1 unspecified atom stereocenters. The molecule has 0 aliphatic carbocycles. The van der Waals surface area contributed by atoms with Crippen molar-refractivity contribution in [1.82, 2.24) is 10.6 Å². The molecule has 0 aromatic heterocycles.